The fraction of sp³-hybridized carbons (Fsp3) is 0.333. The summed E-state index contributed by atoms with van der Waals surface area (Å²) in [5.74, 6) is 0.0274. The first-order valence-electron chi connectivity index (χ1n) is 6.83. The second-order valence-electron chi connectivity index (χ2n) is 5.14. The topological polar surface area (TPSA) is 36.4 Å². The van der Waals surface area contributed by atoms with Gasteiger partial charge in [-0.15, -0.1) is 11.3 Å². The minimum Gasteiger partial charge on any atom is -0.335 e. The summed E-state index contributed by atoms with van der Waals surface area (Å²) in [5, 5.41) is 3.39. The first-order valence-corrected chi connectivity index (χ1v) is 8.08. The Labute approximate surface area is 133 Å². The minimum absolute atomic E-state index is 0.0274. The van der Waals surface area contributed by atoms with E-state index in [9.17, 15) is 4.79 Å². The lowest BCUT2D eigenvalue weighted by Gasteiger charge is -2.31. The van der Waals surface area contributed by atoms with Crippen molar-refractivity contribution in [2.75, 3.05) is 33.2 Å². The molecule has 0 atom stereocenters. The Kier molecular flexibility index (Phi) is 4.24. The third kappa shape index (κ3) is 3.26. The van der Waals surface area contributed by atoms with Crippen LogP contribution >= 0.6 is 22.9 Å². The molecule has 0 radical (unpaired) electrons. The average molecular weight is 322 g/mol. The van der Waals surface area contributed by atoms with Gasteiger partial charge in [-0.1, -0.05) is 23.7 Å². The molecular formula is C15H16ClN3OS. The molecule has 1 saturated heterocycles. The number of hydrogen-bond donors (Lipinski definition) is 0. The zero-order valence-corrected chi connectivity index (χ0v) is 13.3. The van der Waals surface area contributed by atoms with Crippen LogP contribution in [-0.2, 0) is 0 Å². The van der Waals surface area contributed by atoms with Crippen LogP contribution in [0.15, 0.2) is 29.6 Å². The Hall–Kier alpha value is -1.43. The molecular weight excluding hydrogens is 306 g/mol. The van der Waals surface area contributed by atoms with Crippen LogP contribution in [0.1, 0.15) is 10.5 Å². The summed E-state index contributed by atoms with van der Waals surface area (Å²) >= 11 is 7.38. The van der Waals surface area contributed by atoms with Crippen LogP contribution in [-0.4, -0.2) is 53.9 Å². The maximum absolute atomic E-state index is 12.4. The van der Waals surface area contributed by atoms with E-state index in [2.05, 4.69) is 16.9 Å². The van der Waals surface area contributed by atoms with Gasteiger partial charge in [-0.2, -0.15) is 0 Å². The van der Waals surface area contributed by atoms with E-state index in [4.69, 9.17) is 11.6 Å². The predicted molar refractivity (Wildman–Crippen MR) is 86.0 cm³/mol. The van der Waals surface area contributed by atoms with Crippen LogP contribution in [0.3, 0.4) is 0 Å². The predicted octanol–water partition coefficient (Wildman–Crippen LogP) is 2.85. The van der Waals surface area contributed by atoms with E-state index in [1.165, 1.54) is 11.3 Å². The molecule has 0 unspecified atom stereocenters. The number of carbonyl (C=O) groups is 1. The second-order valence-corrected chi connectivity index (χ2v) is 6.43. The van der Waals surface area contributed by atoms with Crippen molar-refractivity contribution in [3.05, 3.63) is 40.4 Å². The third-order valence-corrected chi connectivity index (χ3v) is 4.75. The molecule has 4 nitrogen and oxygen atoms in total. The average Bonchev–Trinajstić information content (AvgIpc) is 2.98. The van der Waals surface area contributed by atoms with E-state index in [1.807, 2.05) is 34.5 Å². The molecule has 21 heavy (non-hydrogen) atoms. The van der Waals surface area contributed by atoms with Gasteiger partial charge in [-0.05, 0) is 19.2 Å². The zero-order chi connectivity index (χ0) is 14.8. The minimum atomic E-state index is 0.0274. The van der Waals surface area contributed by atoms with E-state index in [1.54, 1.807) is 0 Å². The number of thiazole rings is 1. The lowest BCUT2D eigenvalue weighted by molar-refractivity contribution is 0.0659. The number of benzene rings is 1. The first-order chi connectivity index (χ1) is 10.1. The van der Waals surface area contributed by atoms with Gasteiger partial charge in [-0.3, -0.25) is 4.79 Å². The van der Waals surface area contributed by atoms with Crippen LogP contribution in [0.4, 0.5) is 0 Å². The summed E-state index contributed by atoms with van der Waals surface area (Å²) in [6.07, 6.45) is 0. The maximum atomic E-state index is 12.4. The Morgan fingerprint density at radius 3 is 2.52 bits per heavy atom. The quantitative estimate of drug-likeness (QED) is 0.853. The van der Waals surface area contributed by atoms with Gasteiger partial charge in [0.1, 0.15) is 10.7 Å². The Morgan fingerprint density at radius 1 is 1.19 bits per heavy atom. The fourth-order valence-electron chi connectivity index (χ4n) is 2.27. The normalized spacial score (nSPS) is 16.2. The number of hydrogen-bond acceptors (Lipinski definition) is 4. The summed E-state index contributed by atoms with van der Waals surface area (Å²) in [7, 11) is 2.07. The fourth-order valence-corrected chi connectivity index (χ4v) is 3.19. The number of piperazine rings is 1. The van der Waals surface area contributed by atoms with Gasteiger partial charge in [0.2, 0.25) is 0 Å². The highest BCUT2D eigenvalue weighted by atomic mass is 35.5. The van der Waals surface area contributed by atoms with Crippen molar-refractivity contribution in [2.24, 2.45) is 0 Å². The summed E-state index contributed by atoms with van der Waals surface area (Å²) in [6, 6.07) is 7.51. The molecule has 0 N–H and O–H groups in total. The molecule has 1 amide bonds. The molecule has 1 aromatic heterocycles. The number of nitrogens with zero attached hydrogens (tertiary/aromatic N) is 3. The van der Waals surface area contributed by atoms with E-state index in [-0.39, 0.29) is 5.91 Å². The van der Waals surface area contributed by atoms with Gasteiger partial charge >= 0.3 is 0 Å². The molecule has 1 aliphatic rings. The number of carbonyl (C=O) groups excluding carboxylic acids is 1. The lowest BCUT2D eigenvalue weighted by Crippen LogP contribution is -2.47. The molecule has 3 rings (SSSR count). The molecule has 2 aromatic rings. The summed E-state index contributed by atoms with van der Waals surface area (Å²) in [6.45, 7) is 3.37. The van der Waals surface area contributed by atoms with Crippen LogP contribution in [0.2, 0.25) is 5.02 Å². The van der Waals surface area contributed by atoms with Crippen LogP contribution in [0.25, 0.3) is 10.6 Å². The van der Waals surface area contributed by atoms with E-state index < -0.39 is 0 Å². The summed E-state index contributed by atoms with van der Waals surface area (Å²) < 4.78 is 0. The van der Waals surface area contributed by atoms with Crippen molar-refractivity contribution in [1.82, 2.24) is 14.8 Å². The standard InChI is InChI=1S/C15H16ClN3OS/c1-18-6-8-19(9-7-18)15(20)13-10-21-14(17-13)11-2-4-12(16)5-3-11/h2-5,10H,6-9H2,1H3. The van der Waals surface area contributed by atoms with E-state index in [0.29, 0.717) is 10.7 Å². The maximum Gasteiger partial charge on any atom is 0.273 e. The number of halogens is 1. The van der Waals surface area contributed by atoms with Crippen molar-refractivity contribution in [3.63, 3.8) is 0 Å². The molecule has 0 aliphatic carbocycles. The highest BCUT2D eigenvalue weighted by Crippen LogP contribution is 2.25. The van der Waals surface area contributed by atoms with Crippen molar-refractivity contribution < 1.29 is 4.79 Å². The van der Waals surface area contributed by atoms with Crippen molar-refractivity contribution >= 4 is 28.8 Å². The molecule has 6 heteroatoms. The van der Waals surface area contributed by atoms with Crippen molar-refractivity contribution in [1.29, 1.82) is 0 Å². The number of rotatable bonds is 2. The monoisotopic (exact) mass is 321 g/mol. The van der Waals surface area contributed by atoms with Crippen LogP contribution < -0.4 is 0 Å². The summed E-state index contributed by atoms with van der Waals surface area (Å²) in [5.41, 5.74) is 1.52. The Balaban J connectivity index is 1.75. The second kappa shape index (κ2) is 6.13. The third-order valence-electron chi connectivity index (χ3n) is 3.60. The number of aromatic nitrogens is 1. The molecule has 2 heterocycles. The van der Waals surface area contributed by atoms with E-state index in [0.717, 1.165) is 36.8 Å². The number of likely N-dealkylation sites (N-methyl/N-ethyl adjacent to an activating group) is 1. The zero-order valence-electron chi connectivity index (χ0n) is 11.8. The van der Waals surface area contributed by atoms with Gasteiger partial charge < -0.3 is 9.80 Å². The van der Waals surface area contributed by atoms with Crippen LogP contribution in [0, 0.1) is 0 Å². The summed E-state index contributed by atoms with van der Waals surface area (Å²) in [4.78, 5) is 21.0. The van der Waals surface area contributed by atoms with Gasteiger partial charge in [0.15, 0.2) is 0 Å². The van der Waals surface area contributed by atoms with Crippen molar-refractivity contribution in [2.45, 2.75) is 0 Å². The van der Waals surface area contributed by atoms with Gasteiger partial charge in [0.05, 0.1) is 0 Å². The molecule has 1 aliphatic heterocycles. The lowest BCUT2D eigenvalue weighted by atomic mass is 10.2. The molecule has 0 spiro atoms. The van der Waals surface area contributed by atoms with Gasteiger partial charge in [0, 0.05) is 42.1 Å². The van der Waals surface area contributed by atoms with Crippen LogP contribution in [0.5, 0.6) is 0 Å². The highest BCUT2D eigenvalue weighted by Gasteiger charge is 2.22. The Bertz CT molecular complexity index is 633. The van der Waals surface area contributed by atoms with E-state index >= 15 is 0 Å². The molecule has 1 fully saturated rings. The number of amides is 1. The van der Waals surface area contributed by atoms with Gasteiger partial charge in [0.25, 0.3) is 5.91 Å². The largest absolute Gasteiger partial charge is 0.335 e. The highest BCUT2D eigenvalue weighted by molar-refractivity contribution is 7.13. The smallest absolute Gasteiger partial charge is 0.273 e. The molecule has 110 valence electrons. The molecule has 0 saturated carbocycles. The van der Waals surface area contributed by atoms with Crippen molar-refractivity contribution in [3.8, 4) is 10.6 Å². The Morgan fingerprint density at radius 2 is 1.86 bits per heavy atom. The SMILES string of the molecule is CN1CCN(C(=O)c2csc(-c3ccc(Cl)cc3)n2)CC1. The molecule has 0 bridgehead atoms. The first kappa shape index (κ1) is 14.5. The molecule has 1 aromatic carbocycles. The van der Waals surface area contributed by atoms with Gasteiger partial charge in [-0.25, -0.2) is 4.98 Å².